The van der Waals surface area contributed by atoms with Crippen LogP contribution >= 0.6 is 0 Å². The molecule has 1 aliphatic heterocycles. The van der Waals surface area contributed by atoms with Crippen molar-refractivity contribution in [1.29, 1.82) is 0 Å². The third kappa shape index (κ3) is 1.05. The van der Waals surface area contributed by atoms with Crippen molar-refractivity contribution >= 4 is 0 Å². The number of alkyl halides is 1. The fraction of sp³-hybridized carbons (Fsp3) is 1.00. The number of fused-ring (bicyclic) bond motifs is 1. The van der Waals surface area contributed by atoms with Gasteiger partial charge in [0.2, 0.25) is 0 Å². The smallest absolute Gasteiger partial charge is 0.100 e. The highest BCUT2D eigenvalue weighted by Gasteiger charge is 2.33. The minimum absolute atomic E-state index is 0.499. The zero-order chi connectivity index (χ0) is 6.97. The quantitative estimate of drug-likeness (QED) is 0.539. The Bertz CT molecular complexity index is 126. The summed E-state index contributed by atoms with van der Waals surface area (Å²) in [6, 6.07) is 0. The second kappa shape index (κ2) is 2.50. The van der Waals surface area contributed by atoms with Crippen molar-refractivity contribution in [3.8, 4) is 0 Å². The molecule has 10 heavy (non-hydrogen) atoms. The Labute approximate surface area is 61.0 Å². The van der Waals surface area contributed by atoms with E-state index in [4.69, 9.17) is 0 Å². The maximum absolute atomic E-state index is 12.8. The molecule has 2 fully saturated rings. The van der Waals surface area contributed by atoms with Gasteiger partial charge in [-0.05, 0) is 44.2 Å². The van der Waals surface area contributed by atoms with Gasteiger partial charge in [-0.1, -0.05) is 0 Å². The zero-order valence-electron chi connectivity index (χ0n) is 6.15. The molecule has 2 rings (SSSR count). The van der Waals surface area contributed by atoms with E-state index in [1.54, 1.807) is 0 Å². The second-order valence-corrected chi connectivity index (χ2v) is 3.59. The van der Waals surface area contributed by atoms with Crippen molar-refractivity contribution in [3.63, 3.8) is 0 Å². The van der Waals surface area contributed by atoms with Crippen molar-refractivity contribution in [2.24, 2.45) is 11.8 Å². The standard InChI is InChI=1S/C8H14FN/c9-8-2-1-6-4-10-5-7(6)3-8/h6-8,10H,1-5H2. The normalized spacial score (nSPS) is 47.1. The number of hydrogen-bond donors (Lipinski definition) is 1. The first-order valence-electron chi connectivity index (χ1n) is 4.21. The van der Waals surface area contributed by atoms with Gasteiger partial charge in [0.15, 0.2) is 0 Å². The molecule has 1 nitrogen and oxygen atoms in total. The Hall–Kier alpha value is -0.110. The van der Waals surface area contributed by atoms with Gasteiger partial charge in [-0.3, -0.25) is 0 Å². The summed E-state index contributed by atoms with van der Waals surface area (Å²) in [5.74, 6) is 1.45. The summed E-state index contributed by atoms with van der Waals surface area (Å²) < 4.78 is 12.8. The lowest BCUT2D eigenvalue weighted by atomic mass is 9.81. The van der Waals surface area contributed by atoms with Gasteiger partial charge in [0.05, 0.1) is 0 Å². The molecule has 0 aromatic carbocycles. The lowest BCUT2D eigenvalue weighted by Crippen LogP contribution is -2.24. The average Bonchev–Trinajstić information content (AvgIpc) is 2.33. The van der Waals surface area contributed by atoms with E-state index in [1.165, 1.54) is 0 Å². The van der Waals surface area contributed by atoms with Crippen LogP contribution in [0.1, 0.15) is 19.3 Å². The zero-order valence-corrected chi connectivity index (χ0v) is 6.15. The van der Waals surface area contributed by atoms with E-state index in [0.717, 1.165) is 38.3 Å². The van der Waals surface area contributed by atoms with E-state index in [-0.39, 0.29) is 0 Å². The summed E-state index contributed by atoms with van der Waals surface area (Å²) in [7, 11) is 0. The van der Waals surface area contributed by atoms with E-state index < -0.39 is 6.17 Å². The maximum Gasteiger partial charge on any atom is 0.100 e. The fourth-order valence-corrected chi connectivity index (χ4v) is 2.24. The Morgan fingerprint density at radius 3 is 2.80 bits per heavy atom. The molecule has 2 aliphatic rings. The lowest BCUT2D eigenvalue weighted by molar-refractivity contribution is 0.172. The van der Waals surface area contributed by atoms with Crippen LogP contribution in [-0.2, 0) is 0 Å². The highest BCUT2D eigenvalue weighted by atomic mass is 19.1. The molecule has 0 bridgehead atoms. The van der Waals surface area contributed by atoms with Gasteiger partial charge in [-0.25, -0.2) is 4.39 Å². The summed E-state index contributed by atoms with van der Waals surface area (Å²) in [6.45, 7) is 2.20. The van der Waals surface area contributed by atoms with E-state index >= 15 is 0 Å². The van der Waals surface area contributed by atoms with Crippen LogP contribution in [0.25, 0.3) is 0 Å². The molecule has 1 N–H and O–H groups in total. The van der Waals surface area contributed by atoms with Crippen LogP contribution in [0.3, 0.4) is 0 Å². The molecule has 0 radical (unpaired) electrons. The van der Waals surface area contributed by atoms with Gasteiger partial charge in [0.1, 0.15) is 6.17 Å². The van der Waals surface area contributed by atoms with Crippen molar-refractivity contribution < 1.29 is 4.39 Å². The van der Waals surface area contributed by atoms with E-state index in [1.807, 2.05) is 0 Å². The largest absolute Gasteiger partial charge is 0.316 e. The molecule has 3 unspecified atom stereocenters. The highest BCUT2D eigenvalue weighted by Crippen LogP contribution is 2.33. The molecule has 1 saturated heterocycles. The molecule has 0 aromatic rings. The highest BCUT2D eigenvalue weighted by molar-refractivity contribution is 4.87. The van der Waals surface area contributed by atoms with Crippen molar-refractivity contribution in [2.75, 3.05) is 13.1 Å². The third-order valence-electron chi connectivity index (χ3n) is 2.89. The van der Waals surface area contributed by atoms with Crippen molar-refractivity contribution in [1.82, 2.24) is 5.32 Å². The molecule has 2 heteroatoms. The average molecular weight is 143 g/mol. The van der Waals surface area contributed by atoms with Crippen LogP contribution in [0.15, 0.2) is 0 Å². The molecule has 3 atom stereocenters. The molecule has 0 amide bonds. The number of halogens is 1. The van der Waals surface area contributed by atoms with E-state index in [9.17, 15) is 4.39 Å². The Kier molecular flexibility index (Phi) is 1.65. The van der Waals surface area contributed by atoms with Gasteiger partial charge in [0, 0.05) is 0 Å². The van der Waals surface area contributed by atoms with Crippen molar-refractivity contribution in [2.45, 2.75) is 25.4 Å². The SMILES string of the molecule is FC1CCC2CNCC2C1. The third-order valence-corrected chi connectivity index (χ3v) is 2.89. The van der Waals surface area contributed by atoms with E-state index in [2.05, 4.69) is 5.32 Å². The van der Waals surface area contributed by atoms with Crippen LogP contribution < -0.4 is 5.32 Å². The van der Waals surface area contributed by atoms with Gasteiger partial charge >= 0.3 is 0 Å². The summed E-state index contributed by atoms with van der Waals surface area (Å²) in [5.41, 5.74) is 0. The molecule has 0 spiro atoms. The van der Waals surface area contributed by atoms with Crippen LogP contribution in [-0.4, -0.2) is 19.3 Å². The first-order chi connectivity index (χ1) is 4.86. The van der Waals surface area contributed by atoms with Crippen LogP contribution in [0.5, 0.6) is 0 Å². The monoisotopic (exact) mass is 143 g/mol. The number of nitrogens with one attached hydrogen (secondary N) is 1. The molecule has 1 aliphatic carbocycles. The topological polar surface area (TPSA) is 12.0 Å². The van der Waals surface area contributed by atoms with Gasteiger partial charge in [0.25, 0.3) is 0 Å². The molecule has 58 valence electrons. The minimum atomic E-state index is -0.499. The summed E-state index contributed by atoms with van der Waals surface area (Å²) >= 11 is 0. The summed E-state index contributed by atoms with van der Waals surface area (Å²) in [5, 5.41) is 3.32. The van der Waals surface area contributed by atoms with Crippen molar-refractivity contribution in [3.05, 3.63) is 0 Å². The second-order valence-electron chi connectivity index (χ2n) is 3.59. The van der Waals surface area contributed by atoms with Gasteiger partial charge in [-0.15, -0.1) is 0 Å². The summed E-state index contributed by atoms with van der Waals surface area (Å²) in [4.78, 5) is 0. The van der Waals surface area contributed by atoms with Crippen LogP contribution in [0.4, 0.5) is 4.39 Å². The number of rotatable bonds is 0. The minimum Gasteiger partial charge on any atom is -0.316 e. The van der Waals surface area contributed by atoms with Crippen LogP contribution in [0.2, 0.25) is 0 Å². The predicted octanol–water partition coefficient (Wildman–Crippen LogP) is 1.34. The van der Waals surface area contributed by atoms with Gasteiger partial charge < -0.3 is 5.32 Å². The van der Waals surface area contributed by atoms with Gasteiger partial charge in [-0.2, -0.15) is 0 Å². The molecule has 1 saturated carbocycles. The molecular formula is C8H14FN. The fourth-order valence-electron chi connectivity index (χ4n) is 2.24. The Morgan fingerprint density at radius 2 is 1.90 bits per heavy atom. The first kappa shape index (κ1) is 6.59. The molecule has 1 heterocycles. The Balaban J connectivity index is 1.96. The predicted molar refractivity (Wildman–Crippen MR) is 38.6 cm³/mol. The van der Waals surface area contributed by atoms with E-state index in [0.29, 0.717) is 5.92 Å². The maximum atomic E-state index is 12.8. The molecule has 0 aromatic heterocycles. The molecular weight excluding hydrogens is 129 g/mol. The Morgan fingerprint density at radius 1 is 1.10 bits per heavy atom. The summed E-state index contributed by atoms with van der Waals surface area (Å²) in [6.07, 6.45) is 2.24. The lowest BCUT2D eigenvalue weighted by Gasteiger charge is -2.26. The van der Waals surface area contributed by atoms with Crippen LogP contribution in [0, 0.1) is 11.8 Å². The number of hydrogen-bond acceptors (Lipinski definition) is 1. The first-order valence-corrected chi connectivity index (χ1v) is 4.21.